The van der Waals surface area contributed by atoms with Crippen LogP contribution in [0.4, 0.5) is 11.6 Å². The van der Waals surface area contributed by atoms with Gasteiger partial charge in [0.15, 0.2) is 11.6 Å². The first-order chi connectivity index (χ1) is 15.4. The van der Waals surface area contributed by atoms with Gasteiger partial charge in [0.1, 0.15) is 0 Å². The highest BCUT2D eigenvalue weighted by Gasteiger charge is 2.31. The van der Waals surface area contributed by atoms with Gasteiger partial charge < -0.3 is 10.2 Å². The molecule has 164 valence electrons. The molecule has 8 nitrogen and oxygen atoms in total. The van der Waals surface area contributed by atoms with Crippen LogP contribution in [0.2, 0.25) is 5.02 Å². The smallest absolute Gasteiger partial charge is 0.243 e. The van der Waals surface area contributed by atoms with Crippen LogP contribution >= 0.6 is 11.6 Å². The van der Waals surface area contributed by atoms with Crippen molar-refractivity contribution < 1.29 is 8.42 Å². The summed E-state index contributed by atoms with van der Waals surface area (Å²) in [6, 6.07) is 14.1. The van der Waals surface area contributed by atoms with Crippen LogP contribution in [-0.2, 0) is 10.0 Å². The van der Waals surface area contributed by atoms with E-state index in [1.807, 2.05) is 0 Å². The minimum Gasteiger partial charge on any atom is -0.364 e. The predicted molar refractivity (Wildman–Crippen MR) is 123 cm³/mol. The molecule has 0 spiro atoms. The van der Waals surface area contributed by atoms with E-state index in [1.165, 1.54) is 10.4 Å². The molecule has 0 amide bonds. The highest BCUT2D eigenvalue weighted by molar-refractivity contribution is 7.89. The second-order valence-corrected chi connectivity index (χ2v) is 10.4. The Labute approximate surface area is 191 Å². The molecule has 0 unspecified atom stereocenters. The van der Waals surface area contributed by atoms with Gasteiger partial charge in [0.05, 0.1) is 27.6 Å². The molecule has 0 bridgehead atoms. The Morgan fingerprint density at radius 1 is 1.03 bits per heavy atom. The van der Waals surface area contributed by atoms with Gasteiger partial charge in [0, 0.05) is 37.2 Å². The maximum absolute atomic E-state index is 13.0. The lowest BCUT2D eigenvalue weighted by atomic mass is 10.2. The topological polar surface area (TPSA) is 102 Å². The largest absolute Gasteiger partial charge is 0.364 e. The minimum absolute atomic E-state index is 0.198. The molecule has 1 saturated carbocycles. The van der Waals surface area contributed by atoms with Crippen molar-refractivity contribution in [2.24, 2.45) is 0 Å². The van der Waals surface area contributed by atoms with Gasteiger partial charge >= 0.3 is 0 Å². The summed E-state index contributed by atoms with van der Waals surface area (Å²) < 4.78 is 27.5. The highest BCUT2D eigenvalue weighted by atomic mass is 35.5. The number of fused-ring (bicyclic) bond motifs is 1. The van der Waals surface area contributed by atoms with Crippen molar-refractivity contribution in [2.45, 2.75) is 23.8 Å². The first-order valence-electron chi connectivity index (χ1n) is 10.4. The SMILES string of the molecule is N#Cc1ccc2nc(NC3CC3)c(N3CCN(S(=O)(=O)c4cccc(Cl)c4)CC3)nc2c1. The molecule has 1 saturated heterocycles. The number of sulfonamides is 1. The van der Waals surface area contributed by atoms with Crippen LogP contribution in [0.5, 0.6) is 0 Å². The molecule has 1 aromatic heterocycles. The summed E-state index contributed by atoms with van der Waals surface area (Å²) in [5, 5.41) is 13.1. The normalized spacial score (nSPS) is 17.3. The van der Waals surface area contributed by atoms with Gasteiger partial charge in [0.2, 0.25) is 10.0 Å². The lowest BCUT2D eigenvalue weighted by Crippen LogP contribution is -2.49. The summed E-state index contributed by atoms with van der Waals surface area (Å²) in [6.07, 6.45) is 2.19. The van der Waals surface area contributed by atoms with E-state index in [9.17, 15) is 13.7 Å². The third-order valence-electron chi connectivity index (χ3n) is 5.67. The van der Waals surface area contributed by atoms with Crippen LogP contribution in [0.1, 0.15) is 18.4 Å². The highest BCUT2D eigenvalue weighted by Crippen LogP contribution is 2.32. The average molecular weight is 469 g/mol. The first kappa shape index (κ1) is 20.9. The van der Waals surface area contributed by atoms with Gasteiger partial charge in [-0.3, -0.25) is 0 Å². The van der Waals surface area contributed by atoms with Crippen LogP contribution in [0, 0.1) is 11.3 Å². The van der Waals surface area contributed by atoms with Crippen molar-refractivity contribution in [1.29, 1.82) is 5.26 Å². The number of nitrogens with one attached hydrogen (secondary N) is 1. The van der Waals surface area contributed by atoms with Crippen molar-refractivity contribution in [3.05, 3.63) is 53.1 Å². The van der Waals surface area contributed by atoms with Gasteiger partial charge in [-0.2, -0.15) is 9.57 Å². The summed E-state index contributed by atoms with van der Waals surface area (Å²) in [6.45, 7) is 1.62. The van der Waals surface area contributed by atoms with Gasteiger partial charge in [-0.05, 0) is 49.2 Å². The molecule has 2 aliphatic rings. The minimum atomic E-state index is -3.62. The summed E-state index contributed by atoms with van der Waals surface area (Å²) >= 11 is 5.99. The second-order valence-electron chi connectivity index (χ2n) is 7.98. The zero-order valence-electron chi connectivity index (χ0n) is 17.2. The van der Waals surface area contributed by atoms with Gasteiger partial charge in [-0.15, -0.1) is 0 Å². The Kier molecular flexibility index (Phi) is 5.37. The van der Waals surface area contributed by atoms with E-state index in [4.69, 9.17) is 21.6 Å². The van der Waals surface area contributed by atoms with Gasteiger partial charge in [-0.25, -0.2) is 18.4 Å². The summed E-state index contributed by atoms with van der Waals surface area (Å²) in [7, 11) is -3.62. The fourth-order valence-corrected chi connectivity index (χ4v) is 5.49. The maximum atomic E-state index is 13.0. The molecule has 10 heteroatoms. The maximum Gasteiger partial charge on any atom is 0.243 e. The Balaban J connectivity index is 1.42. The number of hydrogen-bond donors (Lipinski definition) is 1. The van der Waals surface area contributed by atoms with Crippen molar-refractivity contribution in [3.8, 4) is 6.07 Å². The summed E-state index contributed by atoms with van der Waals surface area (Å²) in [5.74, 6) is 1.40. The third-order valence-corrected chi connectivity index (χ3v) is 7.79. The van der Waals surface area contributed by atoms with Crippen molar-refractivity contribution in [2.75, 3.05) is 36.4 Å². The number of hydrogen-bond acceptors (Lipinski definition) is 7. The first-order valence-corrected chi connectivity index (χ1v) is 12.2. The Morgan fingerprint density at radius 3 is 2.50 bits per heavy atom. The zero-order chi connectivity index (χ0) is 22.3. The number of aromatic nitrogens is 2. The van der Waals surface area contributed by atoms with Crippen molar-refractivity contribution in [1.82, 2.24) is 14.3 Å². The average Bonchev–Trinajstić information content (AvgIpc) is 3.62. The van der Waals surface area contributed by atoms with E-state index < -0.39 is 10.0 Å². The quantitative estimate of drug-likeness (QED) is 0.613. The van der Waals surface area contributed by atoms with E-state index in [-0.39, 0.29) is 4.90 Å². The lowest BCUT2D eigenvalue weighted by Gasteiger charge is -2.35. The van der Waals surface area contributed by atoms with E-state index in [2.05, 4.69) is 16.3 Å². The molecule has 2 heterocycles. The Hall–Kier alpha value is -2.93. The van der Waals surface area contributed by atoms with Crippen LogP contribution in [0.25, 0.3) is 11.0 Å². The van der Waals surface area contributed by atoms with E-state index >= 15 is 0 Å². The predicted octanol–water partition coefficient (Wildman–Crippen LogP) is 3.24. The molecular formula is C22H21ClN6O2S. The fourth-order valence-electron chi connectivity index (χ4n) is 3.77. The number of piperazine rings is 1. The molecule has 0 atom stereocenters. The number of nitrogens with zero attached hydrogens (tertiary/aromatic N) is 5. The molecule has 5 rings (SSSR count). The molecule has 2 aromatic carbocycles. The summed E-state index contributed by atoms with van der Waals surface area (Å²) in [4.78, 5) is 11.8. The molecule has 2 fully saturated rings. The van der Waals surface area contributed by atoms with Crippen LogP contribution < -0.4 is 10.2 Å². The number of nitriles is 1. The fraction of sp³-hybridized carbons (Fsp3) is 0.318. The third kappa shape index (κ3) is 4.09. The lowest BCUT2D eigenvalue weighted by molar-refractivity contribution is 0.384. The molecule has 1 aliphatic heterocycles. The van der Waals surface area contributed by atoms with Crippen molar-refractivity contribution in [3.63, 3.8) is 0 Å². The Bertz CT molecular complexity index is 1330. The number of rotatable bonds is 5. The van der Waals surface area contributed by atoms with Crippen LogP contribution in [-0.4, -0.2) is 54.9 Å². The number of anilines is 2. The second kappa shape index (κ2) is 8.20. The summed E-state index contributed by atoms with van der Waals surface area (Å²) in [5.41, 5.74) is 1.89. The van der Waals surface area contributed by atoms with Crippen LogP contribution in [0.15, 0.2) is 47.4 Å². The number of halogens is 1. The zero-order valence-corrected chi connectivity index (χ0v) is 18.8. The van der Waals surface area contributed by atoms with E-state index in [1.54, 1.807) is 36.4 Å². The standard InChI is InChI=1S/C22H21ClN6O2S/c23-16-2-1-3-18(13-16)32(30,31)29-10-8-28(9-11-29)22-21(25-17-5-6-17)26-19-7-4-15(14-24)12-20(19)27-22/h1-4,7,12-13,17H,5-6,8-11H2,(H,25,26). The molecular weight excluding hydrogens is 448 g/mol. The molecule has 0 radical (unpaired) electrons. The van der Waals surface area contributed by atoms with Crippen LogP contribution in [0.3, 0.4) is 0 Å². The van der Waals surface area contributed by atoms with E-state index in [0.29, 0.717) is 60.0 Å². The van der Waals surface area contributed by atoms with E-state index in [0.717, 1.165) is 18.4 Å². The molecule has 1 aliphatic carbocycles. The molecule has 1 N–H and O–H groups in total. The van der Waals surface area contributed by atoms with Crippen molar-refractivity contribution >= 4 is 44.3 Å². The van der Waals surface area contributed by atoms with Gasteiger partial charge in [0.25, 0.3) is 0 Å². The molecule has 3 aromatic rings. The van der Waals surface area contributed by atoms with Gasteiger partial charge in [-0.1, -0.05) is 17.7 Å². The number of benzene rings is 2. The molecule has 32 heavy (non-hydrogen) atoms. The monoisotopic (exact) mass is 468 g/mol. The Morgan fingerprint density at radius 2 is 1.81 bits per heavy atom.